The quantitative estimate of drug-likeness (QED) is 0.858. The van der Waals surface area contributed by atoms with Crippen molar-refractivity contribution in [3.05, 3.63) is 35.4 Å². The van der Waals surface area contributed by atoms with Crippen LogP contribution in [-0.4, -0.2) is 31.2 Å². The monoisotopic (exact) mass is 262 g/mol. The highest BCUT2D eigenvalue weighted by Gasteiger charge is 2.25. The molecule has 0 aromatic heterocycles. The van der Waals surface area contributed by atoms with Crippen LogP contribution in [0.1, 0.15) is 25.0 Å². The Hall–Kier alpha value is -1.39. The zero-order valence-electron chi connectivity index (χ0n) is 11.8. The van der Waals surface area contributed by atoms with Crippen LogP contribution >= 0.6 is 0 Å². The van der Waals surface area contributed by atoms with Crippen LogP contribution < -0.4 is 10.6 Å². The molecule has 1 aliphatic heterocycles. The van der Waals surface area contributed by atoms with E-state index in [0.717, 1.165) is 13.0 Å². The van der Waals surface area contributed by atoms with Crippen molar-refractivity contribution in [2.75, 3.05) is 13.7 Å². The lowest BCUT2D eigenvalue weighted by atomic mass is 9.95. The van der Waals surface area contributed by atoms with Gasteiger partial charge < -0.3 is 15.4 Å². The Labute approximate surface area is 114 Å². The molecule has 19 heavy (non-hydrogen) atoms. The Bertz CT molecular complexity index is 457. The van der Waals surface area contributed by atoms with Crippen molar-refractivity contribution in [2.45, 2.75) is 38.5 Å². The summed E-state index contributed by atoms with van der Waals surface area (Å²) in [5, 5.41) is 6.22. The molecule has 0 spiro atoms. The Morgan fingerprint density at radius 1 is 1.42 bits per heavy atom. The van der Waals surface area contributed by atoms with Crippen LogP contribution in [0.5, 0.6) is 0 Å². The number of rotatable bonds is 4. The number of nitrogens with one attached hydrogen (secondary N) is 2. The molecule has 1 heterocycles. The molecule has 4 heteroatoms. The molecular formula is C15H22N2O2. The number of ether oxygens (including phenoxy) is 1. The lowest BCUT2D eigenvalue weighted by Crippen LogP contribution is -2.50. The van der Waals surface area contributed by atoms with Gasteiger partial charge in [-0.1, -0.05) is 24.3 Å². The van der Waals surface area contributed by atoms with Crippen LogP contribution in [0.25, 0.3) is 0 Å². The zero-order chi connectivity index (χ0) is 13.9. The van der Waals surface area contributed by atoms with Crippen molar-refractivity contribution < 1.29 is 9.53 Å². The van der Waals surface area contributed by atoms with Crippen LogP contribution in [-0.2, 0) is 22.5 Å². The normalized spacial score (nSPS) is 18.8. The van der Waals surface area contributed by atoms with Crippen LogP contribution in [0, 0.1) is 0 Å². The van der Waals surface area contributed by atoms with E-state index in [0.29, 0.717) is 6.54 Å². The number of hydrogen-bond acceptors (Lipinski definition) is 3. The molecule has 1 aromatic carbocycles. The molecule has 2 N–H and O–H groups in total. The third-order valence-electron chi connectivity index (χ3n) is 3.64. The van der Waals surface area contributed by atoms with Gasteiger partial charge in [0.1, 0.15) is 0 Å². The van der Waals surface area contributed by atoms with E-state index in [2.05, 4.69) is 22.8 Å². The zero-order valence-corrected chi connectivity index (χ0v) is 11.8. The van der Waals surface area contributed by atoms with Gasteiger partial charge in [0.05, 0.1) is 11.6 Å². The molecule has 0 unspecified atom stereocenters. The van der Waals surface area contributed by atoms with Crippen molar-refractivity contribution in [1.82, 2.24) is 10.6 Å². The average molecular weight is 262 g/mol. The van der Waals surface area contributed by atoms with Gasteiger partial charge in [0.2, 0.25) is 5.91 Å². The average Bonchev–Trinajstić information content (AvgIpc) is 2.44. The first-order chi connectivity index (χ1) is 9.02. The van der Waals surface area contributed by atoms with Gasteiger partial charge in [0, 0.05) is 20.2 Å². The summed E-state index contributed by atoms with van der Waals surface area (Å²) in [6.07, 6.45) is 0.745. The fourth-order valence-electron chi connectivity index (χ4n) is 2.14. The van der Waals surface area contributed by atoms with Crippen LogP contribution in [0.4, 0.5) is 0 Å². The largest absolute Gasteiger partial charge is 0.377 e. The summed E-state index contributed by atoms with van der Waals surface area (Å²) < 4.78 is 5.30. The minimum absolute atomic E-state index is 0.0413. The Morgan fingerprint density at radius 2 is 2.11 bits per heavy atom. The van der Waals surface area contributed by atoms with Crippen molar-refractivity contribution in [1.29, 1.82) is 0 Å². The van der Waals surface area contributed by atoms with E-state index < -0.39 is 0 Å². The highest BCUT2D eigenvalue weighted by Crippen LogP contribution is 2.16. The van der Waals surface area contributed by atoms with Crippen molar-refractivity contribution >= 4 is 5.91 Å². The number of carbonyl (C=O) groups excluding carboxylic acids is 1. The fraction of sp³-hybridized carbons (Fsp3) is 0.533. The molecule has 0 aliphatic carbocycles. The molecule has 0 radical (unpaired) electrons. The molecule has 104 valence electrons. The van der Waals surface area contributed by atoms with E-state index in [4.69, 9.17) is 4.74 Å². The van der Waals surface area contributed by atoms with Gasteiger partial charge in [-0.05, 0) is 31.4 Å². The second kappa shape index (κ2) is 5.72. The lowest BCUT2D eigenvalue weighted by Gasteiger charge is -2.28. The summed E-state index contributed by atoms with van der Waals surface area (Å²) in [7, 11) is 1.65. The summed E-state index contributed by atoms with van der Waals surface area (Å²) in [5.41, 5.74) is 2.21. The molecular weight excluding hydrogens is 240 g/mol. The number of methoxy groups -OCH3 is 1. The standard InChI is InChI=1S/C15H22N2O2/c1-15(2,19-3)10-17-14(18)13-8-11-6-4-5-7-12(11)9-16-13/h4-7,13,16H,8-10H2,1-3H3,(H,17,18)/t13-/m1/s1. The predicted molar refractivity (Wildman–Crippen MR) is 74.9 cm³/mol. The van der Waals surface area contributed by atoms with Gasteiger partial charge >= 0.3 is 0 Å². The van der Waals surface area contributed by atoms with E-state index in [9.17, 15) is 4.79 Å². The van der Waals surface area contributed by atoms with Gasteiger partial charge in [-0.15, -0.1) is 0 Å². The first-order valence-electron chi connectivity index (χ1n) is 6.65. The van der Waals surface area contributed by atoms with Crippen molar-refractivity contribution in [3.8, 4) is 0 Å². The highest BCUT2D eigenvalue weighted by atomic mass is 16.5. The lowest BCUT2D eigenvalue weighted by molar-refractivity contribution is -0.124. The highest BCUT2D eigenvalue weighted by molar-refractivity contribution is 5.82. The van der Waals surface area contributed by atoms with Crippen LogP contribution in [0.15, 0.2) is 24.3 Å². The minimum Gasteiger partial charge on any atom is -0.377 e. The molecule has 1 aromatic rings. The first kappa shape index (κ1) is 14.0. The summed E-state index contributed by atoms with van der Waals surface area (Å²) in [4.78, 5) is 12.1. The Kier molecular flexibility index (Phi) is 4.22. The van der Waals surface area contributed by atoms with E-state index in [1.807, 2.05) is 26.0 Å². The maximum atomic E-state index is 12.1. The topological polar surface area (TPSA) is 50.4 Å². The molecule has 0 bridgehead atoms. The molecule has 1 amide bonds. The van der Waals surface area contributed by atoms with E-state index >= 15 is 0 Å². The second-order valence-corrected chi connectivity index (χ2v) is 5.59. The summed E-state index contributed by atoms with van der Waals surface area (Å²) in [5.74, 6) is 0.0413. The van der Waals surface area contributed by atoms with Crippen LogP contribution in [0.2, 0.25) is 0 Å². The number of benzene rings is 1. The first-order valence-corrected chi connectivity index (χ1v) is 6.65. The molecule has 0 fully saturated rings. The smallest absolute Gasteiger partial charge is 0.237 e. The minimum atomic E-state index is -0.331. The molecule has 1 atom stereocenters. The third-order valence-corrected chi connectivity index (χ3v) is 3.64. The maximum Gasteiger partial charge on any atom is 0.237 e. The predicted octanol–water partition coefficient (Wildman–Crippen LogP) is 1.24. The van der Waals surface area contributed by atoms with E-state index in [-0.39, 0.29) is 17.6 Å². The summed E-state index contributed by atoms with van der Waals surface area (Å²) in [6.45, 7) is 5.18. The van der Waals surface area contributed by atoms with Gasteiger partial charge in [-0.2, -0.15) is 0 Å². The number of hydrogen-bond donors (Lipinski definition) is 2. The van der Waals surface area contributed by atoms with E-state index in [1.165, 1.54) is 11.1 Å². The van der Waals surface area contributed by atoms with Crippen molar-refractivity contribution in [3.63, 3.8) is 0 Å². The van der Waals surface area contributed by atoms with Crippen molar-refractivity contribution in [2.24, 2.45) is 0 Å². The summed E-state index contributed by atoms with van der Waals surface area (Å²) >= 11 is 0. The molecule has 0 saturated heterocycles. The molecule has 2 rings (SSSR count). The van der Waals surface area contributed by atoms with Crippen LogP contribution in [0.3, 0.4) is 0 Å². The van der Waals surface area contributed by atoms with Gasteiger partial charge in [-0.25, -0.2) is 0 Å². The molecule has 0 saturated carbocycles. The van der Waals surface area contributed by atoms with E-state index in [1.54, 1.807) is 7.11 Å². The third kappa shape index (κ3) is 3.55. The number of carbonyl (C=O) groups is 1. The Balaban J connectivity index is 1.92. The summed E-state index contributed by atoms with van der Waals surface area (Å²) in [6, 6.07) is 8.09. The Morgan fingerprint density at radius 3 is 2.79 bits per heavy atom. The van der Waals surface area contributed by atoms with Gasteiger partial charge in [0.15, 0.2) is 0 Å². The fourth-order valence-corrected chi connectivity index (χ4v) is 2.14. The second-order valence-electron chi connectivity index (χ2n) is 5.59. The van der Waals surface area contributed by atoms with Gasteiger partial charge in [0.25, 0.3) is 0 Å². The SMILES string of the molecule is COC(C)(C)CNC(=O)[C@H]1Cc2ccccc2CN1. The molecule has 1 aliphatic rings. The molecule has 4 nitrogen and oxygen atoms in total. The van der Waals surface area contributed by atoms with Gasteiger partial charge in [-0.3, -0.25) is 4.79 Å². The number of amides is 1. The number of fused-ring (bicyclic) bond motifs is 1. The maximum absolute atomic E-state index is 12.1.